The number of benzene rings is 4. The quantitative estimate of drug-likeness (QED) is 0.178. The van der Waals surface area contributed by atoms with Crippen molar-refractivity contribution in [2.45, 2.75) is 11.3 Å². The second-order valence-corrected chi connectivity index (χ2v) is 10.7. The molecular formula is C34H31N3O5S. The zero-order chi connectivity index (χ0) is 30.2. The van der Waals surface area contributed by atoms with Gasteiger partial charge in [-0.1, -0.05) is 48.5 Å². The van der Waals surface area contributed by atoms with Gasteiger partial charge in [0, 0.05) is 28.4 Å². The van der Waals surface area contributed by atoms with Gasteiger partial charge in [-0.15, -0.1) is 11.8 Å². The lowest BCUT2D eigenvalue weighted by Crippen LogP contribution is -2.30. The number of hydrogen-bond acceptors (Lipinski definition) is 6. The molecule has 0 unspecified atom stereocenters. The Morgan fingerprint density at radius 1 is 0.860 bits per heavy atom. The summed E-state index contributed by atoms with van der Waals surface area (Å²) < 4.78 is 10.7. The lowest BCUT2D eigenvalue weighted by molar-refractivity contribution is -0.116. The van der Waals surface area contributed by atoms with Gasteiger partial charge in [-0.25, -0.2) is 0 Å². The highest BCUT2D eigenvalue weighted by Gasteiger charge is 2.24. The van der Waals surface area contributed by atoms with Crippen LogP contribution >= 0.6 is 11.8 Å². The van der Waals surface area contributed by atoms with E-state index in [2.05, 4.69) is 16.7 Å². The summed E-state index contributed by atoms with van der Waals surface area (Å²) in [5, 5.41) is 5.62. The molecule has 3 amide bonds. The number of ether oxygens (including phenoxy) is 2. The monoisotopic (exact) mass is 593 g/mol. The van der Waals surface area contributed by atoms with Gasteiger partial charge in [0.05, 0.1) is 20.0 Å². The van der Waals surface area contributed by atoms with Gasteiger partial charge >= 0.3 is 0 Å². The number of amides is 3. The van der Waals surface area contributed by atoms with Gasteiger partial charge in [-0.3, -0.25) is 14.4 Å². The van der Waals surface area contributed by atoms with Gasteiger partial charge in [0.1, 0.15) is 5.70 Å². The fraction of sp³-hybridized carbons (Fsp3) is 0.147. The van der Waals surface area contributed by atoms with Crippen LogP contribution in [0.15, 0.2) is 108 Å². The van der Waals surface area contributed by atoms with Crippen molar-refractivity contribution >= 4 is 46.9 Å². The Labute approximate surface area is 254 Å². The highest BCUT2D eigenvalue weighted by Crippen LogP contribution is 2.30. The van der Waals surface area contributed by atoms with E-state index < -0.39 is 11.8 Å². The summed E-state index contributed by atoms with van der Waals surface area (Å²) in [5.41, 5.74) is 3.77. The molecule has 4 aromatic carbocycles. The maximum Gasteiger partial charge on any atom is 0.272 e. The van der Waals surface area contributed by atoms with Crippen LogP contribution < -0.4 is 25.0 Å². The average molecular weight is 594 g/mol. The molecule has 0 bridgehead atoms. The molecule has 0 saturated carbocycles. The Bertz CT molecular complexity index is 1670. The van der Waals surface area contributed by atoms with Crippen molar-refractivity contribution in [3.8, 4) is 11.5 Å². The second-order valence-electron chi connectivity index (χ2n) is 9.69. The van der Waals surface area contributed by atoms with Gasteiger partial charge in [-0.05, 0) is 72.2 Å². The molecule has 0 spiro atoms. The van der Waals surface area contributed by atoms with Crippen molar-refractivity contribution < 1.29 is 23.9 Å². The summed E-state index contributed by atoms with van der Waals surface area (Å²) in [6.07, 6.45) is 2.43. The Morgan fingerprint density at radius 3 is 2.42 bits per heavy atom. The van der Waals surface area contributed by atoms with Crippen LogP contribution in [0.1, 0.15) is 21.5 Å². The molecule has 0 atom stereocenters. The van der Waals surface area contributed by atoms with E-state index in [0.717, 1.165) is 17.0 Å². The predicted octanol–water partition coefficient (Wildman–Crippen LogP) is 5.79. The third-order valence-electron chi connectivity index (χ3n) is 6.89. The van der Waals surface area contributed by atoms with Crippen molar-refractivity contribution in [2.75, 3.05) is 36.7 Å². The van der Waals surface area contributed by atoms with Crippen molar-refractivity contribution in [3.63, 3.8) is 0 Å². The van der Waals surface area contributed by atoms with Gasteiger partial charge in [0.2, 0.25) is 5.91 Å². The van der Waals surface area contributed by atoms with E-state index in [9.17, 15) is 14.4 Å². The smallest absolute Gasteiger partial charge is 0.272 e. The SMILES string of the molecule is COc1ccc(/C=C(\NC(=O)c2ccccc2)C(=O)Nc2cccc(SCC(=O)N3CCc4ccccc43)c2)cc1OC. The number of thioether (sulfide) groups is 1. The maximum atomic E-state index is 13.5. The molecule has 0 aromatic heterocycles. The molecular weight excluding hydrogens is 562 g/mol. The highest BCUT2D eigenvalue weighted by molar-refractivity contribution is 8.00. The van der Waals surface area contributed by atoms with Crippen LogP contribution in [0.4, 0.5) is 11.4 Å². The molecule has 1 aliphatic rings. The molecule has 2 N–H and O–H groups in total. The predicted molar refractivity (Wildman–Crippen MR) is 170 cm³/mol. The van der Waals surface area contributed by atoms with Crippen LogP contribution in [-0.4, -0.2) is 44.2 Å². The van der Waals surface area contributed by atoms with E-state index in [1.165, 1.54) is 24.4 Å². The van der Waals surface area contributed by atoms with Crippen LogP contribution in [0.2, 0.25) is 0 Å². The number of rotatable bonds is 10. The number of nitrogens with one attached hydrogen (secondary N) is 2. The van der Waals surface area contributed by atoms with Crippen LogP contribution in [0, 0.1) is 0 Å². The lowest BCUT2D eigenvalue weighted by atomic mass is 10.1. The van der Waals surface area contributed by atoms with Crippen molar-refractivity contribution in [2.24, 2.45) is 0 Å². The van der Waals surface area contributed by atoms with Crippen LogP contribution in [0.3, 0.4) is 0 Å². The van der Waals surface area contributed by atoms with Crippen LogP contribution in [0.5, 0.6) is 11.5 Å². The molecule has 0 aliphatic carbocycles. The fourth-order valence-corrected chi connectivity index (χ4v) is 5.57. The summed E-state index contributed by atoms with van der Waals surface area (Å²) in [5.74, 6) is 0.402. The summed E-state index contributed by atoms with van der Waals surface area (Å²) in [6, 6.07) is 29.1. The Morgan fingerprint density at radius 2 is 1.63 bits per heavy atom. The molecule has 43 heavy (non-hydrogen) atoms. The molecule has 5 rings (SSSR count). The lowest BCUT2D eigenvalue weighted by Gasteiger charge is -2.17. The summed E-state index contributed by atoms with van der Waals surface area (Å²) in [7, 11) is 3.07. The highest BCUT2D eigenvalue weighted by atomic mass is 32.2. The maximum absolute atomic E-state index is 13.5. The first-order valence-corrected chi connectivity index (χ1v) is 14.7. The number of para-hydroxylation sites is 1. The van der Waals surface area contributed by atoms with Crippen LogP contribution in [-0.2, 0) is 16.0 Å². The molecule has 0 radical (unpaired) electrons. The minimum absolute atomic E-state index is 0.0353. The molecule has 8 nitrogen and oxygen atoms in total. The van der Waals surface area contributed by atoms with Gasteiger partial charge in [0.15, 0.2) is 11.5 Å². The topological polar surface area (TPSA) is 97.0 Å². The van der Waals surface area contributed by atoms with Crippen LogP contribution in [0.25, 0.3) is 6.08 Å². The normalized spacial score (nSPS) is 12.3. The number of hydrogen-bond donors (Lipinski definition) is 2. The van der Waals surface area contributed by atoms with E-state index in [-0.39, 0.29) is 17.4 Å². The Balaban J connectivity index is 1.31. The molecule has 1 heterocycles. The minimum atomic E-state index is -0.508. The zero-order valence-electron chi connectivity index (χ0n) is 23.8. The first kappa shape index (κ1) is 29.5. The number of carbonyl (C=O) groups excluding carboxylic acids is 3. The number of methoxy groups -OCH3 is 2. The molecule has 4 aromatic rings. The standard InChI is InChI=1S/C34H31N3O5S/c1-41-30-16-15-23(20-31(30)42-2)19-28(36-33(39)25-10-4-3-5-11-25)34(40)35-26-12-8-13-27(21-26)43-22-32(38)37-18-17-24-9-6-7-14-29(24)37/h3-16,19-21H,17-18,22H2,1-2H3,(H,35,40)(H,36,39)/b28-19-. The second kappa shape index (κ2) is 13.8. The molecule has 218 valence electrons. The number of carbonyl (C=O) groups is 3. The number of fused-ring (bicyclic) bond motifs is 1. The van der Waals surface area contributed by atoms with Crippen molar-refractivity contribution in [1.82, 2.24) is 5.32 Å². The summed E-state index contributed by atoms with van der Waals surface area (Å²) in [6.45, 7) is 0.679. The molecule has 0 saturated heterocycles. The minimum Gasteiger partial charge on any atom is -0.493 e. The molecule has 0 fully saturated rings. The van der Waals surface area contributed by atoms with E-state index in [1.807, 2.05) is 41.3 Å². The summed E-state index contributed by atoms with van der Waals surface area (Å²) >= 11 is 1.41. The van der Waals surface area contributed by atoms with E-state index in [0.29, 0.717) is 34.9 Å². The summed E-state index contributed by atoms with van der Waals surface area (Å²) in [4.78, 5) is 42.2. The third-order valence-corrected chi connectivity index (χ3v) is 7.87. The van der Waals surface area contributed by atoms with E-state index in [1.54, 1.807) is 67.8 Å². The van der Waals surface area contributed by atoms with Crippen molar-refractivity contribution in [1.29, 1.82) is 0 Å². The largest absolute Gasteiger partial charge is 0.493 e. The average Bonchev–Trinajstić information content (AvgIpc) is 3.48. The molecule has 1 aliphatic heterocycles. The van der Waals surface area contributed by atoms with Gasteiger partial charge in [-0.2, -0.15) is 0 Å². The fourth-order valence-electron chi connectivity index (χ4n) is 4.73. The number of anilines is 2. The van der Waals surface area contributed by atoms with E-state index in [4.69, 9.17) is 9.47 Å². The van der Waals surface area contributed by atoms with Gasteiger partial charge in [0.25, 0.3) is 11.8 Å². The Kier molecular flexibility index (Phi) is 9.43. The van der Waals surface area contributed by atoms with Crippen molar-refractivity contribution in [3.05, 3.63) is 119 Å². The zero-order valence-corrected chi connectivity index (χ0v) is 24.6. The first-order chi connectivity index (χ1) is 20.9. The third kappa shape index (κ3) is 7.25. The van der Waals surface area contributed by atoms with E-state index >= 15 is 0 Å². The number of nitrogens with zero attached hydrogens (tertiary/aromatic N) is 1. The molecule has 9 heteroatoms. The Hall–Kier alpha value is -5.02. The van der Waals surface area contributed by atoms with Gasteiger partial charge < -0.3 is 25.0 Å². The first-order valence-electron chi connectivity index (χ1n) is 13.7.